The third kappa shape index (κ3) is 8.93. The number of nitrogens with zero attached hydrogens (tertiary/aromatic N) is 3. The lowest BCUT2D eigenvalue weighted by molar-refractivity contribution is 0.446. The molecule has 0 spiro atoms. The highest BCUT2D eigenvalue weighted by molar-refractivity contribution is 5.99. The maximum Gasteiger partial charge on any atom is 0.149 e. The Bertz CT molecular complexity index is 3730. The highest BCUT2D eigenvalue weighted by atomic mass is 16.3. The summed E-state index contributed by atoms with van der Waals surface area (Å²) >= 11 is 0. The Balaban J connectivity index is 1.16. The van der Waals surface area contributed by atoms with Crippen molar-refractivity contribution in [3.05, 3.63) is 242 Å². The molecule has 0 radical (unpaired) electrons. The molecule has 0 fully saturated rings. The van der Waals surface area contributed by atoms with E-state index in [9.17, 15) is 5.11 Å². The minimum Gasteiger partial charge on any atom is -0.507 e. The second-order valence-corrected chi connectivity index (χ2v) is 20.9. The molecule has 0 amide bonds. The number of phenols is 1. The average Bonchev–Trinajstić information content (AvgIpc) is 3.80. The van der Waals surface area contributed by atoms with Crippen LogP contribution in [0.25, 0.3) is 106 Å². The van der Waals surface area contributed by atoms with Gasteiger partial charge in [-0.05, 0) is 127 Å². The Kier molecular flexibility index (Phi) is 11.9. The largest absolute Gasteiger partial charge is 0.507 e. The van der Waals surface area contributed by atoms with Gasteiger partial charge in [0, 0.05) is 28.5 Å². The Morgan fingerprint density at radius 3 is 1.50 bits per heavy atom. The first kappa shape index (κ1) is 45.8. The summed E-state index contributed by atoms with van der Waals surface area (Å²) in [7, 11) is 0. The molecule has 2 aromatic heterocycles. The van der Waals surface area contributed by atoms with Crippen LogP contribution >= 0.6 is 0 Å². The lowest BCUT2D eigenvalue weighted by Crippen LogP contribution is -2.17. The zero-order valence-electron chi connectivity index (χ0n) is 41.7. The molecule has 4 heteroatoms. The first-order chi connectivity index (χ1) is 34.9. The first-order valence-electron chi connectivity index (χ1n) is 24.9. The quantitative estimate of drug-likeness (QED) is 0.157. The third-order valence-electron chi connectivity index (χ3n) is 13.9. The van der Waals surface area contributed by atoms with E-state index in [1.807, 2.05) is 12.3 Å². The summed E-state index contributed by atoms with van der Waals surface area (Å²) in [6.07, 6.45) is 1.91. The molecular formula is C68H57N3O. The number of benzene rings is 9. The van der Waals surface area contributed by atoms with Gasteiger partial charge in [-0.3, -0.25) is 9.55 Å². The Morgan fingerprint density at radius 2 is 0.889 bits per heavy atom. The van der Waals surface area contributed by atoms with Crippen LogP contribution in [0.15, 0.2) is 231 Å². The molecule has 9 aromatic carbocycles. The van der Waals surface area contributed by atoms with Crippen molar-refractivity contribution in [3.8, 4) is 101 Å². The SMILES string of the molecule is CC(C)(C)c1cc(-c2nc3c(-c4cc(-c5ccccc5)cc(-c5cc(-c6ccc(-c7ccccc7)cc6)ccn5)c4)cccc3n2-c2ccc(-c3ccccc3)cc2-c2ccccc2)c(O)c(C(C)(C)C)c1. The van der Waals surface area contributed by atoms with Crippen LogP contribution in [-0.2, 0) is 10.8 Å². The van der Waals surface area contributed by atoms with Gasteiger partial charge in [0.2, 0.25) is 0 Å². The van der Waals surface area contributed by atoms with Gasteiger partial charge in [0.25, 0.3) is 0 Å². The predicted molar refractivity (Wildman–Crippen MR) is 301 cm³/mol. The topological polar surface area (TPSA) is 50.9 Å². The number of para-hydroxylation sites is 1. The number of fused-ring (bicyclic) bond motifs is 1. The van der Waals surface area contributed by atoms with Crippen molar-refractivity contribution in [1.82, 2.24) is 14.5 Å². The van der Waals surface area contributed by atoms with Gasteiger partial charge in [-0.1, -0.05) is 211 Å². The summed E-state index contributed by atoms with van der Waals surface area (Å²) in [5.74, 6) is 0.910. The summed E-state index contributed by atoms with van der Waals surface area (Å²) in [5, 5.41) is 12.7. The smallest absolute Gasteiger partial charge is 0.149 e. The second kappa shape index (κ2) is 18.6. The van der Waals surface area contributed by atoms with E-state index in [1.165, 1.54) is 11.1 Å². The molecule has 0 saturated heterocycles. The molecule has 4 nitrogen and oxygen atoms in total. The molecule has 0 aliphatic rings. The van der Waals surface area contributed by atoms with Crippen LogP contribution in [0.1, 0.15) is 52.7 Å². The molecule has 0 saturated carbocycles. The fourth-order valence-electron chi connectivity index (χ4n) is 9.94. The summed E-state index contributed by atoms with van der Waals surface area (Å²) < 4.78 is 2.28. The van der Waals surface area contributed by atoms with Crippen LogP contribution < -0.4 is 0 Å². The molecule has 0 bridgehead atoms. The van der Waals surface area contributed by atoms with E-state index in [2.05, 4.69) is 264 Å². The van der Waals surface area contributed by atoms with E-state index < -0.39 is 0 Å². The van der Waals surface area contributed by atoms with Crippen molar-refractivity contribution in [3.63, 3.8) is 0 Å². The second-order valence-electron chi connectivity index (χ2n) is 20.9. The molecule has 0 aliphatic carbocycles. The molecule has 72 heavy (non-hydrogen) atoms. The molecule has 2 heterocycles. The van der Waals surface area contributed by atoms with Crippen molar-refractivity contribution in [2.45, 2.75) is 52.4 Å². The summed E-state index contributed by atoms with van der Waals surface area (Å²) in [5.41, 5.74) is 19.9. The molecule has 0 atom stereocenters. The number of hydrogen-bond donors (Lipinski definition) is 1. The minimum absolute atomic E-state index is 0.206. The zero-order valence-corrected chi connectivity index (χ0v) is 41.7. The van der Waals surface area contributed by atoms with Crippen molar-refractivity contribution in [2.24, 2.45) is 0 Å². The predicted octanol–water partition coefficient (Wildman–Crippen LogP) is 18.1. The van der Waals surface area contributed by atoms with Crippen molar-refractivity contribution >= 4 is 11.0 Å². The number of hydrogen-bond acceptors (Lipinski definition) is 3. The highest BCUT2D eigenvalue weighted by Gasteiger charge is 2.29. The van der Waals surface area contributed by atoms with Gasteiger partial charge in [-0.15, -0.1) is 0 Å². The minimum atomic E-state index is -0.347. The van der Waals surface area contributed by atoms with Gasteiger partial charge in [0.05, 0.1) is 28.0 Å². The molecule has 350 valence electrons. The van der Waals surface area contributed by atoms with Crippen LogP contribution in [0.3, 0.4) is 0 Å². The fourth-order valence-corrected chi connectivity index (χ4v) is 9.94. The molecule has 1 N–H and O–H groups in total. The third-order valence-corrected chi connectivity index (χ3v) is 13.9. The molecule has 0 aliphatic heterocycles. The number of imidazole rings is 1. The van der Waals surface area contributed by atoms with Gasteiger partial charge in [0.1, 0.15) is 11.6 Å². The number of aromatic hydroxyl groups is 1. The van der Waals surface area contributed by atoms with Crippen LogP contribution in [0.2, 0.25) is 0 Å². The van der Waals surface area contributed by atoms with Crippen LogP contribution in [0.4, 0.5) is 0 Å². The van der Waals surface area contributed by atoms with E-state index in [0.717, 1.165) is 94.7 Å². The lowest BCUT2D eigenvalue weighted by atomic mass is 9.79. The highest BCUT2D eigenvalue weighted by Crippen LogP contribution is 2.46. The first-order valence-corrected chi connectivity index (χ1v) is 24.9. The van der Waals surface area contributed by atoms with Gasteiger partial charge < -0.3 is 5.11 Å². The van der Waals surface area contributed by atoms with Gasteiger partial charge >= 0.3 is 0 Å². The summed E-state index contributed by atoms with van der Waals surface area (Å²) in [4.78, 5) is 10.7. The Labute approximate surface area is 423 Å². The van der Waals surface area contributed by atoms with E-state index in [-0.39, 0.29) is 16.6 Å². The van der Waals surface area contributed by atoms with E-state index in [1.54, 1.807) is 0 Å². The number of aromatic nitrogens is 3. The van der Waals surface area contributed by atoms with Gasteiger partial charge in [-0.2, -0.15) is 0 Å². The van der Waals surface area contributed by atoms with Crippen LogP contribution in [0.5, 0.6) is 5.75 Å². The Morgan fingerprint density at radius 1 is 0.375 bits per heavy atom. The number of pyridine rings is 1. The van der Waals surface area contributed by atoms with Crippen molar-refractivity contribution in [1.29, 1.82) is 0 Å². The van der Waals surface area contributed by atoms with Gasteiger partial charge in [0.15, 0.2) is 0 Å². The van der Waals surface area contributed by atoms with Crippen LogP contribution in [0, 0.1) is 0 Å². The summed E-state index contributed by atoms with van der Waals surface area (Å²) in [6.45, 7) is 13.2. The van der Waals surface area contributed by atoms with E-state index in [0.29, 0.717) is 11.4 Å². The van der Waals surface area contributed by atoms with E-state index in [4.69, 9.17) is 9.97 Å². The molecular weight excluding hydrogens is 875 g/mol. The van der Waals surface area contributed by atoms with Gasteiger partial charge in [-0.25, -0.2) is 4.98 Å². The Hall–Kier alpha value is -8.60. The average molecular weight is 932 g/mol. The number of rotatable bonds is 9. The maximum atomic E-state index is 12.7. The normalized spacial score (nSPS) is 11.8. The molecule has 11 rings (SSSR count). The van der Waals surface area contributed by atoms with E-state index >= 15 is 0 Å². The molecule has 0 unspecified atom stereocenters. The van der Waals surface area contributed by atoms with Crippen molar-refractivity contribution in [2.75, 3.05) is 0 Å². The summed E-state index contributed by atoms with van der Waals surface area (Å²) in [6, 6.07) is 79.6. The fraction of sp³-hybridized carbons (Fsp3) is 0.118. The maximum absolute atomic E-state index is 12.7. The standard InChI is InChI=1S/C68H57N3O/c1-67(2,3)56-43-59(65(72)60(44-56)68(4,5)6)66-70-64-57(28-19-29-63(64)71(66)62-35-34-51(46-22-13-8-14-23-46)41-58(62)50-26-17-10-18-27-50)54-38-53(47-24-15-9-16-25-47)39-55(40-54)61-42-52(36-37-69-61)49-32-30-48(31-33-49)45-20-11-7-12-21-45/h7-44,72H,1-6H3. The molecule has 11 aromatic rings. The van der Waals surface area contributed by atoms with Crippen molar-refractivity contribution < 1.29 is 5.11 Å². The monoisotopic (exact) mass is 931 g/mol. The zero-order chi connectivity index (χ0) is 49.6. The lowest BCUT2D eigenvalue weighted by Gasteiger charge is -2.27. The number of phenolic OH excluding ortho intramolecular Hbond substituents is 1. The van der Waals surface area contributed by atoms with Crippen LogP contribution in [-0.4, -0.2) is 19.6 Å².